The zero-order valence-electron chi connectivity index (χ0n) is 16.6. The van der Waals surface area contributed by atoms with Crippen molar-refractivity contribution in [3.8, 4) is 0 Å². The Kier molecular flexibility index (Phi) is 10.4. The second-order valence-electron chi connectivity index (χ2n) is 7.61. The van der Waals surface area contributed by atoms with Crippen LogP contribution < -0.4 is 16.0 Å². The van der Waals surface area contributed by atoms with E-state index in [1.54, 1.807) is 20.8 Å². The molecule has 0 saturated heterocycles. The summed E-state index contributed by atoms with van der Waals surface area (Å²) in [6.45, 7) is 13.3. The molecule has 0 aliphatic rings. The smallest absolute Gasteiger partial charge is 0.408 e. The Hall–Kier alpha value is -2.52. The molecule has 0 spiro atoms. The van der Waals surface area contributed by atoms with Crippen LogP contribution in [0.25, 0.3) is 0 Å². The van der Waals surface area contributed by atoms with E-state index in [2.05, 4.69) is 16.0 Å². The number of amides is 3. The normalized spacial score (nSPS) is 13.2. The number of hydrogen-bond donors (Lipinski definition) is 5. The summed E-state index contributed by atoms with van der Waals surface area (Å²) in [6, 6.07) is -2.28. The molecule has 0 heterocycles. The average molecular weight is 377 g/mol. The highest BCUT2D eigenvalue weighted by Crippen LogP contribution is 2.06. The molecule has 26 heavy (non-hydrogen) atoms. The van der Waals surface area contributed by atoms with Gasteiger partial charge in [0.25, 0.3) is 0 Å². The van der Waals surface area contributed by atoms with Crippen molar-refractivity contribution in [3.05, 3.63) is 0 Å². The number of urea groups is 1. The van der Waals surface area contributed by atoms with E-state index in [-0.39, 0.29) is 5.54 Å². The third-order valence-electron chi connectivity index (χ3n) is 2.31. The Bertz CT molecular complexity index is 461. The van der Waals surface area contributed by atoms with Crippen LogP contribution in [0.5, 0.6) is 0 Å². The molecule has 0 aliphatic heterocycles. The van der Waals surface area contributed by atoms with Gasteiger partial charge in [0.1, 0.15) is 17.7 Å². The molecule has 3 amide bonds. The third-order valence-corrected chi connectivity index (χ3v) is 2.31. The van der Waals surface area contributed by atoms with E-state index in [4.69, 9.17) is 14.9 Å². The van der Waals surface area contributed by atoms with Crippen LogP contribution in [0.2, 0.25) is 0 Å². The van der Waals surface area contributed by atoms with Crippen molar-refractivity contribution in [2.24, 2.45) is 0 Å². The third kappa shape index (κ3) is 16.3. The molecule has 0 fully saturated rings. The van der Waals surface area contributed by atoms with Crippen molar-refractivity contribution in [2.45, 2.75) is 78.6 Å². The molecular formula is C16H31N3O7. The van der Waals surface area contributed by atoms with Crippen LogP contribution in [-0.4, -0.2) is 57.5 Å². The predicted molar refractivity (Wildman–Crippen MR) is 95.0 cm³/mol. The topological polar surface area (TPSA) is 154 Å². The molecule has 2 atom stereocenters. The second-order valence-corrected chi connectivity index (χ2v) is 7.61. The Balaban J connectivity index is 0. The molecule has 0 aromatic heterocycles. The molecule has 10 heteroatoms. The fourth-order valence-corrected chi connectivity index (χ4v) is 1.18. The van der Waals surface area contributed by atoms with E-state index in [1.807, 2.05) is 20.8 Å². The number of ether oxygens (including phenoxy) is 1. The zero-order valence-corrected chi connectivity index (χ0v) is 16.6. The van der Waals surface area contributed by atoms with Crippen molar-refractivity contribution in [1.82, 2.24) is 16.0 Å². The van der Waals surface area contributed by atoms with Gasteiger partial charge in [-0.3, -0.25) is 9.59 Å². The van der Waals surface area contributed by atoms with E-state index in [1.165, 1.54) is 13.8 Å². The molecule has 0 aromatic carbocycles. The average Bonchev–Trinajstić information content (AvgIpc) is 2.33. The van der Waals surface area contributed by atoms with E-state index < -0.39 is 41.7 Å². The molecule has 0 unspecified atom stereocenters. The number of nitrogens with one attached hydrogen (secondary N) is 3. The molecule has 0 saturated carbocycles. The summed E-state index contributed by atoms with van der Waals surface area (Å²) >= 11 is 0. The van der Waals surface area contributed by atoms with Crippen LogP contribution in [-0.2, 0) is 14.3 Å². The van der Waals surface area contributed by atoms with Crippen molar-refractivity contribution >= 4 is 24.1 Å². The van der Waals surface area contributed by atoms with Gasteiger partial charge in [-0.05, 0) is 55.4 Å². The number of carboxylic acids is 2. The fraction of sp³-hybridized carbons (Fsp3) is 0.750. The predicted octanol–water partition coefficient (Wildman–Crippen LogP) is 1.54. The number of alkyl carbamates (subject to hydrolysis) is 1. The van der Waals surface area contributed by atoms with Crippen LogP contribution in [0.3, 0.4) is 0 Å². The minimum Gasteiger partial charge on any atom is -0.480 e. The first kappa shape index (κ1) is 25.7. The lowest BCUT2D eigenvalue weighted by atomic mass is 10.1. The van der Waals surface area contributed by atoms with E-state index in [0.29, 0.717) is 0 Å². The Labute approximate surface area is 153 Å². The molecule has 5 N–H and O–H groups in total. The first-order valence-electron chi connectivity index (χ1n) is 7.98. The van der Waals surface area contributed by atoms with Crippen LogP contribution in [0.4, 0.5) is 9.59 Å². The standard InChI is InChI=1S/C8H16N2O3.C8H15NO4/c1-5(6(11)12)9-7(13)10-8(2,3)4;1-5(6(10)11)9-7(12)13-8(2,3)4/h5H,1-4H3,(H,11,12)(H2,9,10,13);5H,1-4H3,(H,9,12)(H,10,11)/t2*5-/m10/s1. The Morgan fingerprint density at radius 3 is 1.50 bits per heavy atom. The highest BCUT2D eigenvalue weighted by molar-refractivity contribution is 5.82. The highest BCUT2D eigenvalue weighted by Gasteiger charge is 2.20. The SMILES string of the molecule is C[C@@H](NC(=O)NC(C)(C)C)C(=O)O.C[C@H](NC(=O)OC(C)(C)C)C(=O)O. The quantitative estimate of drug-likeness (QED) is 0.498. The van der Waals surface area contributed by atoms with Gasteiger partial charge in [-0.1, -0.05) is 0 Å². The Morgan fingerprint density at radius 1 is 0.808 bits per heavy atom. The maximum Gasteiger partial charge on any atom is 0.408 e. The molecular weight excluding hydrogens is 346 g/mol. The van der Waals surface area contributed by atoms with Crippen molar-refractivity contribution in [1.29, 1.82) is 0 Å². The lowest BCUT2D eigenvalue weighted by Crippen LogP contribution is -2.50. The Morgan fingerprint density at radius 2 is 1.19 bits per heavy atom. The van der Waals surface area contributed by atoms with Gasteiger partial charge in [0.05, 0.1) is 0 Å². The van der Waals surface area contributed by atoms with Gasteiger partial charge in [-0.2, -0.15) is 0 Å². The summed E-state index contributed by atoms with van der Waals surface area (Å²) in [5, 5.41) is 24.0. The molecule has 0 aromatic rings. The minimum atomic E-state index is -1.09. The number of carboxylic acid groups (broad SMARTS) is 2. The lowest BCUT2D eigenvalue weighted by molar-refractivity contribution is -0.139. The molecule has 152 valence electrons. The zero-order chi connectivity index (χ0) is 21.3. The minimum absolute atomic E-state index is 0.359. The summed E-state index contributed by atoms with van der Waals surface area (Å²) in [4.78, 5) is 42.8. The largest absolute Gasteiger partial charge is 0.480 e. The first-order valence-corrected chi connectivity index (χ1v) is 7.98. The monoisotopic (exact) mass is 377 g/mol. The summed E-state index contributed by atoms with van der Waals surface area (Å²) in [7, 11) is 0. The number of hydrogen-bond acceptors (Lipinski definition) is 5. The molecule has 0 rings (SSSR count). The number of carbonyl (C=O) groups is 4. The molecule has 0 bridgehead atoms. The van der Waals surface area contributed by atoms with Gasteiger partial charge >= 0.3 is 24.1 Å². The molecule has 0 aliphatic carbocycles. The van der Waals surface area contributed by atoms with Crippen LogP contribution in [0.1, 0.15) is 55.4 Å². The first-order chi connectivity index (χ1) is 11.4. The number of carbonyl (C=O) groups excluding carboxylic acids is 2. The van der Waals surface area contributed by atoms with Gasteiger partial charge < -0.3 is 30.9 Å². The molecule has 10 nitrogen and oxygen atoms in total. The maximum atomic E-state index is 11.1. The van der Waals surface area contributed by atoms with Gasteiger partial charge in [-0.15, -0.1) is 0 Å². The van der Waals surface area contributed by atoms with Crippen molar-refractivity contribution in [3.63, 3.8) is 0 Å². The fourth-order valence-electron chi connectivity index (χ4n) is 1.18. The maximum absolute atomic E-state index is 11.1. The van der Waals surface area contributed by atoms with Crippen LogP contribution in [0.15, 0.2) is 0 Å². The van der Waals surface area contributed by atoms with Gasteiger partial charge in [0, 0.05) is 5.54 Å². The van der Waals surface area contributed by atoms with E-state index in [0.717, 1.165) is 0 Å². The van der Waals surface area contributed by atoms with E-state index >= 15 is 0 Å². The summed E-state index contributed by atoms with van der Waals surface area (Å²) in [5.74, 6) is -2.14. The van der Waals surface area contributed by atoms with Gasteiger partial charge in [-0.25, -0.2) is 9.59 Å². The van der Waals surface area contributed by atoms with Gasteiger partial charge in [0.15, 0.2) is 0 Å². The second kappa shape index (κ2) is 10.5. The van der Waals surface area contributed by atoms with Crippen molar-refractivity contribution < 1.29 is 34.1 Å². The highest BCUT2D eigenvalue weighted by atomic mass is 16.6. The summed E-state index contributed by atoms with van der Waals surface area (Å²) in [5.41, 5.74) is -0.968. The number of aliphatic carboxylic acids is 2. The lowest BCUT2D eigenvalue weighted by Gasteiger charge is -2.21. The van der Waals surface area contributed by atoms with Crippen LogP contribution >= 0.6 is 0 Å². The van der Waals surface area contributed by atoms with Gasteiger partial charge in [0.2, 0.25) is 0 Å². The van der Waals surface area contributed by atoms with Crippen LogP contribution in [0, 0.1) is 0 Å². The molecule has 0 radical (unpaired) electrons. The summed E-state index contributed by atoms with van der Waals surface area (Å²) in [6.07, 6.45) is -0.720. The number of rotatable bonds is 4. The van der Waals surface area contributed by atoms with E-state index in [9.17, 15) is 19.2 Å². The van der Waals surface area contributed by atoms with Crippen molar-refractivity contribution in [2.75, 3.05) is 0 Å². The summed E-state index contributed by atoms with van der Waals surface area (Å²) < 4.78 is 4.85.